The summed E-state index contributed by atoms with van der Waals surface area (Å²) in [5.41, 5.74) is 0. The first kappa shape index (κ1) is 17.1. The Labute approximate surface area is 125 Å². The van der Waals surface area contributed by atoms with E-state index in [1.54, 1.807) is 16.7 Å². The number of amides is 2. The minimum Gasteiger partial charge on any atom is -0.481 e. The highest BCUT2D eigenvalue weighted by Gasteiger charge is 2.37. The highest BCUT2D eigenvalue weighted by atomic mass is 32.2. The standard InChI is InChI=1S/C14H26N2O3S/c1-5-14(6-2,20-4)9-15-13(19)16-7-10(3)11(8-16)12(17)18/h10-11H,5-9H2,1-4H3,(H,15,19)(H,17,18). The number of nitrogens with one attached hydrogen (secondary N) is 1. The van der Waals surface area contributed by atoms with E-state index in [1.807, 2.05) is 6.92 Å². The maximum absolute atomic E-state index is 12.2. The molecule has 1 fully saturated rings. The number of carboxylic acids is 1. The van der Waals surface area contributed by atoms with Crippen LogP contribution in [0.1, 0.15) is 33.6 Å². The lowest BCUT2D eigenvalue weighted by atomic mass is 9.99. The van der Waals surface area contributed by atoms with Crippen LogP contribution in [-0.2, 0) is 4.79 Å². The van der Waals surface area contributed by atoms with Gasteiger partial charge in [-0.2, -0.15) is 11.8 Å². The normalized spacial score (nSPS) is 22.9. The second kappa shape index (κ2) is 7.20. The molecule has 1 heterocycles. The van der Waals surface area contributed by atoms with Gasteiger partial charge in [-0.3, -0.25) is 4.79 Å². The van der Waals surface area contributed by atoms with Crippen molar-refractivity contribution in [3.63, 3.8) is 0 Å². The Hall–Kier alpha value is -0.910. The van der Waals surface area contributed by atoms with E-state index in [2.05, 4.69) is 25.4 Å². The Balaban J connectivity index is 2.54. The second-order valence-electron chi connectivity index (χ2n) is 5.58. The molecule has 2 amide bonds. The van der Waals surface area contributed by atoms with Gasteiger partial charge in [0.2, 0.25) is 0 Å². The van der Waals surface area contributed by atoms with Crippen molar-refractivity contribution in [1.29, 1.82) is 0 Å². The topological polar surface area (TPSA) is 69.6 Å². The van der Waals surface area contributed by atoms with Crippen LogP contribution in [0.4, 0.5) is 4.79 Å². The maximum atomic E-state index is 12.2. The molecule has 6 heteroatoms. The van der Waals surface area contributed by atoms with Crippen molar-refractivity contribution in [3.8, 4) is 0 Å². The molecule has 2 atom stereocenters. The summed E-state index contributed by atoms with van der Waals surface area (Å²) in [5, 5.41) is 12.1. The number of rotatable bonds is 6. The number of carboxylic acid groups (broad SMARTS) is 1. The van der Waals surface area contributed by atoms with Gasteiger partial charge in [-0.25, -0.2) is 4.79 Å². The van der Waals surface area contributed by atoms with Gasteiger partial charge in [0, 0.05) is 24.4 Å². The Kier molecular flexibility index (Phi) is 6.17. The Morgan fingerprint density at radius 2 is 1.95 bits per heavy atom. The molecule has 116 valence electrons. The number of likely N-dealkylation sites (tertiary alicyclic amines) is 1. The van der Waals surface area contributed by atoms with Crippen molar-refractivity contribution in [3.05, 3.63) is 0 Å². The van der Waals surface area contributed by atoms with Crippen molar-refractivity contribution < 1.29 is 14.7 Å². The molecule has 0 aromatic rings. The molecule has 1 saturated heterocycles. The fourth-order valence-electron chi connectivity index (χ4n) is 2.66. The van der Waals surface area contributed by atoms with Gasteiger partial charge < -0.3 is 15.3 Å². The number of hydrogen-bond acceptors (Lipinski definition) is 3. The van der Waals surface area contributed by atoms with E-state index in [0.29, 0.717) is 19.6 Å². The van der Waals surface area contributed by atoms with Gasteiger partial charge in [0.25, 0.3) is 0 Å². The van der Waals surface area contributed by atoms with Crippen LogP contribution in [0.5, 0.6) is 0 Å². The highest BCUT2D eigenvalue weighted by molar-refractivity contribution is 8.00. The molecule has 1 rings (SSSR count). The third kappa shape index (κ3) is 3.81. The molecule has 0 radical (unpaired) electrons. The van der Waals surface area contributed by atoms with Gasteiger partial charge in [-0.15, -0.1) is 0 Å². The molecular formula is C14H26N2O3S. The number of nitrogens with zero attached hydrogens (tertiary/aromatic N) is 1. The molecule has 5 nitrogen and oxygen atoms in total. The minimum absolute atomic E-state index is 0.0147. The van der Waals surface area contributed by atoms with Crippen LogP contribution >= 0.6 is 11.8 Å². The lowest BCUT2D eigenvalue weighted by Gasteiger charge is -2.30. The van der Waals surface area contributed by atoms with Gasteiger partial charge in [-0.05, 0) is 25.0 Å². The number of hydrogen-bond donors (Lipinski definition) is 2. The summed E-state index contributed by atoms with van der Waals surface area (Å²) in [6.45, 7) is 7.61. The van der Waals surface area contributed by atoms with Gasteiger partial charge in [-0.1, -0.05) is 20.8 Å². The quantitative estimate of drug-likeness (QED) is 0.789. The SMILES string of the molecule is CCC(CC)(CNC(=O)N1CC(C)C(C(=O)O)C1)SC. The second-order valence-corrected chi connectivity index (χ2v) is 6.85. The summed E-state index contributed by atoms with van der Waals surface area (Å²) in [6, 6.07) is -0.138. The molecule has 0 bridgehead atoms. The number of carbonyl (C=O) groups excluding carboxylic acids is 1. The molecule has 0 aromatic heterocycles. The molecule has 0 spiro atoms. The Morgan fingerprint density at radius 1 is 1.35 bits per heavy atom. The van der Waals surface area contributed by atoms with Gasteiger partial charge >= 0.3 is 12.0 Å². The Morgan fingerprint density at radius 3 is 2.35 bits per heavy atom. The molecule has 0 saturated carbocycles. The van der Waals surface area contributed by atoms with E-state index in [-0.39, 0.29) is 16.7 Å². The average molecular weight is 302 g/mol. The zero-order chi connectivity index (χ0) is 15.3. The van der Waals surface area contributed by atoms with Crippen molar-refractivity contribution in [2.75, 3.05) is 25.9 Å². The number of aliphatic carboxylic acids is 1. The van der Waals surface area contributed by atoms with E-state index in [9.17, 15) is 9.59 Å². The molecule has 1 aliphatic rings. The first-order valence-corrected chi connectivity index (χ1v) is 8.42. The lowest BCUT2D eigenvalue weighted by molar-refractivity contribution is -0.142. The van der Waals surface area contributed by atoms with Crippen molar-refractivity contribution in [2.24, 2.45) is 11.8 Å². The molecule has 0 aliphatic carbocycles. The van der Waals surface area contributed by atoms with Crippen LogP contribution < -0.4 is 5.32 Å². The third-order valence-electron chi connectivity index (χ3n) is 4.50. The van der Waals surface area contributed by atoms with E-state index in [1.165, 1.54) is 0 Å². The zero-order valence-electron chi connectivity index (χ0n) is 12.8. The summed E-state index contributed by atoms with van der Waals surface area (Å²) < 4.78 is 0.0766. The van der Waals surface area contributed by atoms with E-state index >= 15 is 0 Å². The zero-order valence-corrected chi connectivity index (χ0v) is 13.6. The molecule has 1 aliphatic heterocycles. The fraction of sp³-hybridized carbons (Fsp3) is 0.857. The monoisotopic (exact) mass is 302 g/mol. The smallest absolute Gasteiger partial charge is 0.317 e. The molecule has 20 heavy (non-hydrogen) atoms. The third-order valence-corrected chi connectivity index (χ3v) is 6.09. The maximum Gasteiger partial charge on any atom is 0.317 e. The van der Waals surface area contributed by atoms with Gasteiger partial charge in [0.15, 0.2) is 0 Å². The summed E-state index contributed by atoms with van der Waals surface area (Å²) in [6.07, 6.45) is 4.07. The summed E-state index contributed by atoms with van der Waals surface area (Å²) >= 11 is 1.78. The molecule has 2 N–H and O–H groups in total. The predicted molar refractivity (Wildman–Crippen MR) is 82.1 cm³/mol. The Bertz CT molecular complexity index is 350. The first-order chi connectivity index (χ1) is 9.39. The molecular weight excluding hydrogens is 276 g/mol. The van der Waals surface area contributed by atoms with Crippen LogP contribution in [0.2, 0.25) is 0 Å². The van der Waals surface area contributed by atoms with Crippen LogP contribution in [0.3, 0.4) is 0 Å². The van der Waals surface area contributed by atoms with Gasteiger partial charge in [0.1, 0.15) is 0 Å². The minimum atomic E-state index is -0.812. The summed E-state index contributed by atoms with van der Waals surface area (Å²) in [7, 11) is 0. The van der Waals surface area contributed by atoms with Gasteiger partial charge in [0.05, 0.1) is 5.92 Å². The number of thioether (sulfide) groups is 1. The molecule has 0 aromatic carbocycles. The molecule has 2 unspecified atom stereocenters. The van der Waals surface area contributed by atoms with Crippen molar-refractivity contribution in [1.82, 2.24) is 10.2 Å². The first-order valence-electron chi connectivity index (χ1n) is 7.19. The number of urea groups is 1. The average Bonchev–Trinajstić information content (AvgIpc) is 2.83. The fourth-order valence-corrected chi connectivity index (χ4v) is 3.46. The highest BCUT2D eigenvalue weighted by Crippen LogP contribution is 2.30. The van der Waals surface area contributed by atoms with Crippen LogP contribution in [0.25, 0.3) is 0 Å². The van der Waals surface area contributed by atoms with E-state index in [4.69, 9.17) is 5.11 Å². The van der Waals surface area contributed by atoms with Crippen molar-refractivity contribution in [2.45, 2.75) is 38.4 Å². The predicted octanol–water partition coefficient (Wildman–Crippen LogP) is 2.27. The lowest BCUT2D eigenvalue weighted by Crippen LogP contribution is -2.45. The largest absolute Gasteiger partial charge is 0.481 e. The summed E-state index contributed by atoms with van der Waals surface area (Å²) in [5.74, 6) is -1.24. The van der Waals surface area contributed by atoms with Crippen molar-refractivity contribution >= 4 is 23.8 Å². The van der Waals surface area contributed by atoms with Crippen LogP contribution in [-0.4, -0.2) is 52.6 Å². The van der Waals surface area contributed by atoms with E-state index in [0.717, 1.165) is 12.8 Å². The summed E-state index contributed by atoms with van der Waals surface area (Å²) in [4.78, 5) is 24.9. The van der Waals surface area contributed by atoms with Crippen LogP contribution in [0.15, 0.2) is 0 Å². The number of carbonyl (C=O) groups is 2. The van der Waals surface area contributed by atoms with E-state index < -0.39 is 11.9 Å². The van der Waals surface area contributed by atoms with Crippen LogP contribution in [0, 0.1) is 11.8 Å².